The summed E-state index contributed by atoms with van der Waals surface area (Å²) in [6.45, 7) is 7.60. The van der Waals surface area contributed by atoms with Crippen LogP contribution in [0.3, 0.4) is 0 Å². The Hall–Kier alpha value is -4.59. The Balaban J connectivity index is 1.82. The first-order valence-electron chi connectivity index (χ1n) is 11.5. The van der Waals surface area contributed by atoms with Gasteiger partial charge in [0.25, 0.3) is 11.8 Å². The number of carbonyl (C=O) groups excluding carboxylic acids is 3. The Kier molecular flexibility index (Phi) is 11.8. The zero-order valence-corrected chi connectivity index (χ0v) is 22.4. The summed E-state index contributed by atoms with van der Waals surface area (Å²) in [7, 11) is 0. The van der Waals surface area contributed by atoms with Gasteiger partial charge in [-0.05, 0) is 47.0 Å². The van der Waals surface area contributed by atoms with Crippen LogP contribution in [0, 0.1) is 16.7 Å². The second-order valence-electron chi connectivity index (χ2n) is 8.07. The van der Waals surface area contributed by atoms with Crippen LogP contribution in [-0.2, 0) is 4.79 Å². The number of nitrogens with one attached hydrogen (secondary N) is 5. The molecule has 12 heteroatoms. The van der Waals surface area contributed by atoms with Crippen molar-refractivity contribution in [2.24, 2.45) is 5.73 Å². The van der Waals surface area contributed by atoms with Crippen LogP contribution in [0.15, 0.2) is 67.3 Å². The van der Waals surface area contributed by atoms with E-state index in [2.05, 4.69) is 34.4 Å². The Bertz CT molecular complexity index is 1360. The number of amides is 3. The number of nitrogens with two attached hydrogens (primary N) is 1. The molecule has 2 rings (SSSR count). The maximum atomic E-state index is 12.6. The first-order valence-corrected chi connectivity index (χ1v) is 12.2. The highest BCUT2D eigenvalue weighted by molar-refractivity contribution is 6.40. The quantitative estimate of drug-likeness (QED) is 0.0988. The molecule has 2 aromatic carbocycles. The summed E-state index contributed by atoms with van der Waals surface area (Å²) < 4.78 is 0. The number of hydrogen-bond donors (Lipinski definition) is 6. The topological polar surface area (TPSA) is 173 Å². The fraction of sp³-hybridized carbons (Fsp3) is 0.148. The predicted octanol–water partition coefficient (Wildman–Crippen LogP) is 3.61. The predicted molar refractivity (Wildman–Crippen MR) is 154 cm³/mol. The van der Waals surface area contributed by atoms with E-state index in [0.717, 1.165) is 0 Å². The van der Waals surface area contributed by atoms with Gasteiger partial charge in [-0.1, -0.05) is 54.6 Å². The van der Waals surface area contributed by atoms with Crippen molar-refractivity contribution in [3.8, 4) is 6.07 Å². The zero-order valence-electron chi connectivity index (χ0n) is 20.9. The molecular weight excluding hydrogens is 541 g/mol. The second-order valence-corrected chi connectivity index (χ2v) is 8.89. The maximum Gasteiger partial charge on any atom is 0.254 e. The summed E-state index contributed by atoms with van der Waals surface area (Å²) in [5.41, 5.74) is 7.89. The van der Waals surface area contributed by atoms with E-state index >= 15 is 0 Å². The molecule has 7 N–H and O–H groups in total. The molecule has 0 heterocycles. The first kappa shape index (κ1) is 30.6. The standard InChI is InChI=1S/C27H27Cl2N7O3/c1-16(8-9-30)6-7-17(2)19-13-21(28)24(22(29)14-19)26(39)34-11-10-33-23(37)15-35-25(38)18-4-3-5-20(12-18)36-27(31)32/h3-7,12-14H,1-2,8,10-11,15H2,(H,33,37)(H,34,39)(H,35,38)(H4,31,32,36)/b7-6-. The van der Waals surface area contributed by atoms with Gasteiger partial charge in [-0.2, -0.15) is 5.26 Å². The van der Waals surface area contributed by atoms with Crippen LogP contribution in [0.5, 0.6) is 0 Å². The molecule has 202 valence electrons. The summed E-state index contributed by atoms with van der Waals surface area (Å²) in [6, 6.07) is 11.4. The SMILES string of the molecule is C=C(/C=C\C(=C)c1cc(Cl)c(C(=O)NCCNC(=O)CNC(=O)c2cccc(NC(=N)N)c2)c(Cl)c1)CC#N. The molecule has 0 saturated carbocycles. The van der Waals surface area contributed by atoms with E-state index in [-0.39, 0.29) is 53.2 Å². The Morgan fingerprint density at radius 3 is 2.28 bits per heavy atom. The number of carbonyl (C=O) groups is 3. The van der Waals surface area contributed by atoms with Gasteiger partial charge in [0, 0.05) is 24.3 Å². The lowest BCUT2D eigenvalue weighted by atomic mass is 10.0. The van der Waals surface area contributed by atoms with E-state index in [1.54, 1.807) is 42.5 Å². The molecule has 0 atom stereocenters. The number of benzene rings is 2. The van der Waals surface area contributed by atoms with E-state index in [1.165, 1.54) is 6.07 Å². The van der Waals surface area contributed by atoms with Crippen molar-refractivity contribution >= 4 is 58.1 Å². The van der Waals surface area contributed by atoms with E-state index in [9.17, 15) is 14.4 Å². The molecule has 39 heavy (non-hydrogen) atoms. The van der Waals surface area contributed by atoms with Gasteiger partial charge in [-0.3, -0.25) is 19.8 Å². The number of halogens is 2. The van der Waals surface area contributed by atoms with Crippen LogP contribution in [0.25, 0.3) is 5.57 Å². The minimum atomic E-state index is -0.526. The largest absolute Gasteiger partial charge is 0.370 e. The van der Waals surface area contributed by atoms with E-state index in [1.807, 2.05) is 6.07 Å². The van der Waals surface area contributed by atoms with Crippen molar-refractivity contribution in [1.82, 2.24) is 16.0 Å². The van der Waals surface area contributed by atoms with Crippen LogP contribution >= 0.6 is 23.2 Å². The molecule has 0 aromatic heterocycles. The molecule has 0 radical (unpaired) electrons. The molecule has 0 fully saturated rings. The number of guanidine groups is 1. The zero-order chi connectivity index (χ0) is 28.9. The minimum absolute atomic E-state index is 0.0767. The molecule has 0 saturated heterocycles. The van der Waals surface area contributed by atoms with E-state index in [0.29, 0.717) is 22.4 Å². The molecule has 2 aromatic rings. The van der Waals surface area contributed by atoms with Gasteiger partial charge >= 0.3 is 0 Å². The van der Waals surface area contributed by atoms with Gasteiger partial charge < -0.3 is 27.0 Å². The summed E-state index contributed by atoms with van der Waals surface area (Å²) in [5, 5.41) is 26.5. The number of anilines is 1. The van der Waals surface area contributed by atoms with Gasteiger partial charge in [0.05, 0.1) is 34.6 Å². The van der Waals surface area contributed by atoms with Gasteiger partial charge in [-0.15, -0.1) is 0 Å². The number of rotatable bonds is 12. The third-order valence-electron chi connectivity index (χ3n) is 5.01. The van der Waals surface area contributed by atoms with Crippen molar-refractivity contribution in [3.63, 3.8) is 0 Å². The highest BCUT2D eigenvalue weighted by atomic mass is 35.5. The minimum Gasteiger partial charge on any atom is -0.370 e. The van der Waals surface area contributed by atoms with Crippen LogP contribution < -0.4 is 27.0 Å². The van der Waals surface area contributed by atoms with Gasteiger partial charge in [0.1, 0.15) is 0 Å². The molecule has 0 aliphatic carbocycles. The van der Waals surface area contributed by atoms with Crippen molar-refractivity contribution in [2.75, 3.05) is 25.0 Å². The molecule has 10 nitrogen and oxygen atoms in total. The normalized spacial score (nSPS) is 10.3. The van der Waals surface area contributed by atoms with Crippen LogP contribution in [0.1, 0.15) is 32.7 Å². The van der Waals surface area contributed by atoms with Gasteiger partial charge in [0.2, 0.25) is 5.91 Å². The summed E-state index contributed by atoms with van der Waals surface area (Å²) in [6.07, 6.45) is 3.53. The lowest BCUT2D eigenvalue weighted by molar-refractivity contribution is -0.120. The molecule has 0 aliphatic heterocycles. The fourth-order valence-electron chi connectivity index (χ4n) is 3.14. The Morgan fingerprint density at radius 2 is 1.64 bits per heavy atom. The van der Waals surface area contributed by atoms with Crippen LogP contribution in [0.2, 0.25) is 10.0 Å². The molecule has 3 amide bonds. The van der Waals surface area contributed by atoms with Crippen molar-refractivity contribution in [2.45, 2.75) is 6.42 Å². The molecule has 0 unspecified atom stereocenters. The maximum absolute atomic E-state index is 12.6. The van der Waals surface area contributed by atoms with Crippen LogP contribution in [-0.4, -0.2) is 43.3 Å². The average Bonchev–Trinajstić information content (AvgIpc) is 2.87. The number of allylic oxidation sites excluding steroid dienone is 4. The highest BCUT2D eigenvalue weighted by Gasteiger charge is 2.17. The monoisotopic (exact) mass is 567 g/mol. The third kappa shape index (κ3) is 10.0. The molecular formula is C27H27Cl2N7O3. The number of hydrogen-bond acceptors (Lipinski definition) is 5. The second kappa shape index (κ2) is 15.0. The average molecular weight is 568 g/mol. The fourth-order valence-corrected chi connectivity index (χ4v) is 3.79. The summed E-state index contributed by atoms with van der Waals surface area (Å²) in [4.78, 5) is 37.0. The smallest absolute Gasteiger partial charge is 0.254 e. The Morgan fingerprint density at radius 1 is 0.974 bits per heavy atom. The lowest BCUT2D eigenvalue weighted by Crippen LogP contribution is -2.40. The van der Waals surface area contributed by atoms with Crippen molar-refractivity contribution in [1.29, 1.82) is 10.7 Å². The van der Waals surface area contributed by atoms with Crippen LogP contribution in [0.4, 0.5) is 5.69 Å². The lowest BCUT2D eigenvalue weighted by Gasteiger charge is -2.12. The molecule has 0 spiro atoms. The van der Waals surface area contributed by atoms with E-state index < -0.39 is 17.7 Å². The van der Waals surface area contributed by atoms with Crippen molar-refractivity contribution in [3.05, 3.63) is 94.0 Å². The highest BCUT2D eigenvalue weighted by Crippen LogP contribution is 2.30. The summed E-state index contributed by atoms with van der Waals surface area (Å²) >= 11 is 12.6. The van der Waals surface area contributed by atoms with Crippen molar-refractivity contribution < 1.29 is 14.4 Å². The molecule has 0 bridgehead atoms. The molecule has 0 aliphatic rings. The number of nitrogens with zero attached hydrogens (tertiary/aromatic N) is 1. The number of nitriles is 1. The first-order chi connectivity index (χ1) is 18.5. The third-order valence-corrected chi connectivity index (χ3v) is 5.61. The van der Waals surface area contributed by atoms with Gasteiger partial charge in [0.15, 0.2) is 5.96 Å². The summed E-state index contributed by atoms with van der Waals surface area (Å²) in [5.74, 6) is -1.74. The Labute approximate surface area is 236 Å². The van der Waals surface area contributed by atoms with E-state index in [4.69, 9.17) is 39.6 Å². The van der Waals surface area contributed by atoms with Gasteiger partial charge in [-0.25, -0.2) is 0 Å².